The minimum absolute atomic E-state index is 0.0787. The van der Waals surface area contributed by atoms with E-state index in [2.05, 4.69) is 110 Å². The van der Waals surface area contributed by atoms with E-state index in [4.69, 9.17) is 6.11 Å². The van der Waals surface area contributed by atoms with E-state index in [0.29, 0.717) is 6.04 Å². The Kier molecular flexibility index (Phi) is 4.30. The van der Waals surface area contributed by atoms with Gasteiger partial charge in [-0.15, -0.1) is 0 Å². The fraction of sp³-hybridized carbons (Fsp3) is 0.182. The number of rotatable bonds is 2. The first kappa shape index (κ1) is 20.1. The van der Waals surface area contributed by atoms with Gasteiger partial charge in [-0.05, 0) is 74.3 Å². The Balaban J connectivity index is 1.39. The van der Waals surface area contributed by atoms with E-state index in [0.717, 1.165) is 27.9 Å². The van der Waals surface area contributed by atoms with Gasteiger partial charge >= 0.3 is 0 Å². The molecule has 0 amide bonds. The number of hydrogen-bond donors (Lipinski definition) is 0. The Morgan fingerprint density at radius 3 is 2.53 bits per heavy atom. The second kappa shape index (κ2) is 7.69. The van der Waals surface area contributed by atoms with Crippen molar-refractivity contribution >= 4 is 27.5 Å². The van der Waals surface area contributed by atoms with E-state index in [1.165, 1.54) is 38.9 Å². The first-order valence-corrected chi connectivity index (χ1v) is 12.6. The molecule has 5 aromatic rings. The molecule has 1 aromatic heterocycles. The van der Waals surface area contributed by atoms with Crippen molar-refractivity contribution < 1.29 is 10.7 Å². The van der Waals surface area contributed by atoms with Crippen LogP contribution in [0.15, 0.2) is 91.1 Å². The summed E-state index contributed by atoms with van der Waals surface area (Å²) in [6, 6.07) is 26.0. The summed E-state index contributed by atoms with van der Waals surface area (Å²) in [4.78, 5) is 0. The highest BCUT2D eigenvalue weighted by Crippen LogP contribution is 2.44. The summed E-state index contributed by atoms with van der Waals surface area (Å²) < 4.78 is 19.8. The third-order valence-electron chi connectivity index (χ3n) is 7.94. The topological polar surface area (TPSA) is 17.2 Å². The summed E-state index contributed by atoms with van der Waals surface area (Å²) in [7, 11) is 2.12. The predicted molar refractivity (Wildman–Crippen MR) is 148 cm³/mol. The number of fused-ring (bicyclic) bond motifs is 6. The minimum atomic E-state index is -0.0787. The fourth-order valence-corrected chi connectivity index (χ4v) is 6.11. The van der Waals surface area contributed by atoms with Crippen LogP contribution in [0, 0.1) is 20.8 Å². The monoisotopic (exact) mass is 470 g/mol. The highest BCUT2D eigenvalue weighted by atomic mass is 16.5. The molecule has 3 nitrogen and oxygen atoms in total. The Bertz CT molecular complexity index is 1820. The van der Waals surface area contributed by atoms with Crippen LogP contribution >= 0.6 is 0 Å². The van der Waals surface area contributed by atoms with Crippen molar-refractivity contribution in [2.45, 2.75) is 32.8 Å². The van der Waals surface area contributed by atoms with Gasteiger partial charge in [0.25, 0.3) is 0 Å². The zero-order valence-corrected chi connectivity index (χ0v) is 21.0. The highest BCUT2D eigenvalue weighted by Gasteiger charge is 2.44. The van der Waals surface area contributed by atoms with Gasteiger partial charge in [0.2, 0.25) is 5.71 Å². The SMILES string of the molecule is [2H]c1cccc2c3ccccc3n(-c3ccc4c(c3)C3C=C[N+](C)=C(c5cc(C)cc(C)c5C)C3O4)c12. The average molecular weight is 471 g/mol. The minimum Gasteiger partial charge on any atom is -0.478 e. The number of benzene rings is 4. The van der Waals surface area contributed by atoms with E-state index in [9.17, 15) is 0 Å². The van der Waals surface area contributed by atoms with Crippen molar-refractivity contribution in [3.8, 4) is 11.4 Å². The Morgan fingerprint density at radius 2 is 1.67 bits per heavy atom. The number of aromatic nitrogens is 1. The Labute approximate surface area is 213 Å². The lowest BCUT2D eigenvalue weighted by Crippen LogP contribution is -2.37. The molecule has 0 saturated heterocycles. The molecule has 0 saturated carbocycles. The van der Waals surface area contributed by atoms with Crippen LogP contribution in [-0.2, 0) is 0 Å². The molecule has 2 aliphatic heterocycles. The van der Waals surface area contributed by atoms with Crippen molar-refractivity contribution in [1.82, 2.24) is 4.57 Å². The molecule has 3 heteroatoms. The van der Waals surface area contributed by atoms with Crippen LogP contribution in [0.3, 0.4) is 0 Å². The van der Waals surface area contributed by atoms with E-state index in [-0.39, 0.29) is 12.0 Å². The average Bonchev–Trinajstić information content (AvgIpc) is 3.42. The van der Waals surface area contributed by atoms with Gasteiger partial charge in [-0.25, -0.2) is 4.58 Å². The lowest BCUT2D eigenvalue weighted by atomic mass is 9.85. The summed E-state index contributed by atoms with van der Waals surface area (Å²) in [5, 5.41) is 2.28. The summed E-state index contributed by atoms with van der Waals surface area (Å²) in [5.41, 5.74) is 10.6. The van der Waals surface area contributed by atoms with Gasteiger partial charge in [-0.2, -0.15) is 0 Å². The third kappa shape index (κ3) is 2.95. The molecule has 4 aromatic carbocycles. The number of para-hydroxylation sites is 2. The van der Waals surface area contributed by atoms with Crippen LogP contribution in [0.25, 0.3) is 27.5 Å². The fourth-order valence-electron chi connectivity index (χ4n) is 6.11. The quantitative estimate of drug-likeness (QED) is 0.249. The molecule has 0 bridgehead atoms. The molecular weight excluding hydrogens is 440 g/mol. The number of hydrogen-bond acceptors (Lipinski definition) is 1. The standard InChI is InChI=1S/C33H29N2O/c1-20-17-21(2)22(3)27(18-20)32-33-26(15-16-34(32)4)28-19-23(13-14-31(28)36-33)35-29-11-7-5-9-24(29)25-10-6-8-12-30(25)35/h5-19,26,33H,1-4H3/q+1/i11D. The normalized spacial score (nSPS) is 18.9. The van der Waals surface area contributed by atoms with Gasteiger partial charge < -0.3 is 9.30 Å². The number of aryl methyl sites for hydroxylation is 2. The summed E-state index contributed by atoms with van der Waals surface area (Å²) >= 11 is 0. The number of ether oxygens (including phenoxy) is 1. The van der Waals surface area contributed by atoms with E-state index in [1.807, 2.05) is 12.1 Å². The lowest BCUT2D eigenvalue weighted by molar-refractivity contribution is -0.427. The van der Waals surface area contributed by atoms with Crippen LogP contribution in [0.2, 0.25) is 0 Å². The second-order valence-electron chi connectivity index (χ2n) is 10.2. The first-order valence-electron chi connectivity index (χ1n) is 13.1. The Hall–Kier alpha value is -4.11. The van der Waals surface area contributed by atoms with Crippen LogP contribution in [0.4, 0.5) is 0 Å². The summed E-state index contributed by atoms with van der Waals surface area (Å²) in [6.07, 6.45) is 4.37. The van der Waals surface area contributed by atoms with Gasteiger partial charge in [-0.3, -0.25) is 0 Å². The van der Waals surface area contributed by atoms with Crippen LogP contribution in [0.5, 0.6) is 5.75 Å². The predicted octanol–water partition coefficient (Wildman–Crippen LogP) is 7.21. The van der Waals surface area contributed by atoms with Gasteiger partial charge in [0, 0.05) is 27.6 Å². The molecule has 2 atom stereocenters. The van der Waals surface area contributed by atoms with Crippen molar-refractivity contribution in [1.29, 1.82) is 0 Å². The molecule has 7 rings (SSSR count). The molecular formula is C33H29N2O+. The third-order valence-corrected chi connectivity index (χ3v) is 7.94. The smallest absolute Gasteiger partial charge is 0.230 e. The second-order valence-corrected chi connectivity index (χ2v) is 10.2. The zero-order chi connectivity index (χ0) is 25.4. The van der Waals surface area contributed by atoms with Crippen molar-refractivity contribution in [2.75, 3.05) is 7.05 Å². The molecule has 3 heterocycles. The van der Waals surface area contributed by atoms with E-state index in [1.54, 1.807) is 0 Å². The molecule has 0 N–H and O–H groups in total. The van der Waals surface area contributed by atoms with Crippen molar-refractivity contribution in [3.05, 3.63) is 119 Å². The van der Waals surface area contributed by atoms with Crippen molar-refractivity contribution in [2.24, 2.45) is 0 Å². The summed E-state index contributed by atoms with van der Waals surface area (Å²) in [5.74, 6) is 1.06. The zero-order valence-electron chi connectivity index (χ0n) is 22.0. The lowest BCUT2D eigenvalue weighted by Gasteiger charge is -2.22. The molecule has 0 radical (unpaired) electrons. The van der Waals surface area contributed by atoms with Gasteiger partial charge in [-0.1, -0.05) is 48.0 Å². The molecule has 0 fully saturated rings. The molecule has 2 aliphatic rings. The maximum absolute atomic E-state index is 8.72. The molecule has 2 unspecified atom stereocenters. The molecule has 0 spiro atoms. The molecule has 176 valence electrons. The van der Waals surface area contributed by atoms with Gasteiger partial charge in [0.15, 0.2) is 12.3 Å². The molecule has 36 heavy (non-hydrogen) atoms. The van der Waals surface area contributed by atoms with Crippen molar-refractivity contribution in [3.63, 3.8) is 0 Å². The van der Waals surface area contributed by atoms with Gasteiger partial charge in [0.1, 0.15) is 12.8 Å². The maximum Gasteiger partial charge on any atom is 0.230 e. The largest absolute Gasteiger partial charge is 0.478 e. The van der Waals surface area contributed by atoms with Gasteiger partial charge in [0.05, 0.1) is 18.3 Å². The van der Waals surface area contributed by atoms with Crippen LogP contribution < -0.4 is 4.74 Å². The van der Waals surface area contributed by atoms with E-state index >= 15 is 0 Å². The van der Waals surface area contributed by atoms with E-state index < -0.39 is 0 Å². The number of nitrogens with zero attached hydrogens (tertiary/aromatic N) is 2. The highest BCUT2D eigenvalue weighted by molar-refractivity contribution is 6.09. The van der Waals surface area contributed by atoms with Crippen LogP contribution in [-0.4, -0.2) is 28.0 Å². The maximum atomic E-state index is 8.72. The summed E-state index contributed by atoms with van der Waals surface area (Å²) in [6.45, 7) is 6.56. The Morgan fingerprint density at radius 1 is 0.889 bits per heavy atom. The first-order chi connectivity index (χ1) is 17.9. The molecule has 0 aliphatic carbocycles. The van der Waals surface area contributed by atoms with Crippen LogP contribution in [0.1, 0.15) is 35.1 Å².